The minimum atomic E-state index is -1.02. The van der Waals surface area contributed by atoms with Crippen LogP contribution in [-0.4, -0.2) is 21.7 Å². The van der Waals surface area contributed by atoms with Gasteiger partial charge in [-0.2, -0.15) is 5.26 Å². The van der Waals surface area contributed by atoms with Gasteiger partial charge in [0.15, 0.2) is 5.13 Å². The van der Waals surface area contributed by atoms with Gasteiger partial charge in [0.1, 0.15) is 5.40 Å². The second-order valence-electron chi connectivity index (χ2n) is 5.11. The molecule has 0 aliphatic heterocycles. The second kappa shape index (κ2) is 5.31. The highest BCUT2D eigenvalue weighted by molar-refractivity contribution is 8.03. The predicted octanol–water partition coefficient (Wildman–Crippen LogP) is 4.15. The van der Waals surface area contributed by atoms with Gasteiger partial charge in [-0.1, -0.05) is 11.3 Å². The van der Waals surface area contributed by atoms with Gasteiger partial charge in [0.05, 0.1) is 10.2 Å². The van der Waals surface area contributed by atoms with Gasteiger partial charge in [-0.25, -0.2) is 14.7 Å². The average molecular weight is 307 g/mol. The molecule has 0 spiro atoms. The van der Waals surface area contributed by atoms with Crippen molar-refractivity contribution in [1.82, 2.24) is 4.98 Å². The van der Waals surface area contributed by atoms with Crippen LogP contribution in [0.4, 0.5) is 9.93 Å². The van der Waals surface area contributed by atoms with Crippen molar-refractivity contribution in [3.05, 3.63) is 18.2 Å². The van der Waals surface area contributed by atoms with Crippen LogP contribution in [0.3, 0.4) is 0 Å². The number of benzene rings is 1. The molecule has 1 amide bonds. The molecular weight excluding hydrogens is 294 g/mol. The summed E-state index contributed by atoms with van der Waals surface area (Å²) >= 11 is 2.39. The molecule has 1 aromatic heterocycles. The van der Waals surface area contributed by atoms with Gasteiger partial charge in [-0.05, 0) is 50.7 Å². The zero-order valence-electron chi connectivity index (χ0n) is 11.2. The van der Waals surface area contributed by atoms with E-state index in [4.69, 9.17) is 5.26 Å². The number of nitriles is 1. The topological polar surface area (TPSA) is 77.2 Å². The number of hydrogen-bond acceptors (Lipinski definition) is 5. The van der Waals surface area contributed by atoms with E-state index >= 15 is 0 Å². The van der Waals surface area contributed by atoms with Crippen LogP contribution in [0.15, 0.2) is 23.1 Å². The Bertz CT molecular complexity index is 698. The van der Waals surface area contributed by atoms with Crippen LogP contribution in [0.5, 0.6) is 0 Å². The molecule has 2 rings (SSSR count). The van der Waals surface area contributed by atoms with E-state index in [2.05, 4.69) is 4.98 Å². The molecule has 0 atom stereocenters. The van der Waals surface area contributed by atoms with Crippen molar-refractivity contribution in [2.45, 2.75) is 31.2 Å². The predicted molar refractivity (Wildman–Crippen MR) is 81.3 cm³/mol. The number of carboxylic acid groups (broad SMARTS) is 1. The highest BCUT2D eigenvalue weighted by atomic mass is 32.2. The number of fused-ring (bicyclic) bond motifs is 1. The first-order valence-electron chi connectivity index (χ1n) is 5.82. The van der Waals surface area contributed by atoms with Crippen molar-refractivity contribution in [2.24, 2.45) is 0 Å². The maximum absolute atomic E-state index is 11.4. The summed E-state index contributed by atoms with van der Waals surface area (Å²) < 4.78 is 0.871. The molecule has 1 heterocycles. The van der Waals surface area contributed by atoms with Crippen molar-refractivity contribution in [3.63, 3.8) is 0 Å². The quantitative estimate of drug-likeness (QED) is 0.666. The molecular formula is C13H13N3O2S2. The van der Waals surface area contributed by atoms with Crippen molar-refractivity contribution >= 4 is 44.5 Å². The Hall–Kier alpha value is -1.78. The Morgan fingerprint density at radius 2 is 2.20 bits per heavy atom. The lowest BCUT2D eigenvalue weighted by molar-refractivity contribution is 0.195. The van der Waals surface area contributed by atoms with E-state index in [9.17, 15) is 9.90 Å². The standard InChI is InChI=1S/C13H13N3O2S2/c1-13(2,3)16(12(17)18)11-15-9-5-4-8(19-7-14)6-10(9)20-11/h4-6H,1-3H3,(H,17,18). The van der Waals surface area contributed by atoms with Crippen molar-refractivity contribution < 1.29 is 9.90 Å². The van der Waals surface area contributed by atoms with E-state index in [1.807, 2.05) is 38.3 Å². The molecule has 0 unspecified atom stereocenters. The molecule has 0 aliphatic carbocycles. The zero-order chi connectivity index (χ0) is 14.9. The lowest BCUT2D eigenvalue weighted by Crippen LogP contribution is -2.45. The van der Waals surface area contributed by atoms with Crippen LogP contribution in [0, 0.1) is 10.7 Å². The molecule has 0 saturated carbocycles. The van der Waals surface area contributed by atoms with Crippen LogP contribution in [0.1, 0.15) is 20.8 Å². The van der Waals surface area contributed by atoms with Gasteiger partial charge in [-0.3, -0.25) is 0 Å². The summed E-state index contributed by atoms with van der Waals surface area (Å²) in [7, 11) is 0. The monoisotopic (exact) mass is 307 g/mol. The lowest BCUT2D eigenvalue weighted by atomic mass is 10.1. The molecule has 0 bridgehead atoms. The minimum absolute atomic E-state index is 0.444. The van der Waals surface area contributed by atoms with E-state index in [0.717, 1.165) is 26.9 Å². The molecule has 0 aliphatic rings. The molecule has 1 aromatic carbocycles. The first-order valence-corrected chi connectivity index (χ1v) is 7.46. The molecule has 0 fully saturated rings. The van der Waals surface area contributed by atoms with Crippen molar-refractivity contribution in [2.75, 3.05) is 4.90 Å². The molecule has 1 N–H and O–H groups in total. The van der Waals surface area contributed by atoms with E-state index in [1.54, 1.807) is 6.07 Å². The third-order valence-electron chi connectivity index (χ3n) is 2.57. The van der Waals surface area contributed by atoms with Crippen LogP contribution >= 0.6 is 23.1 Å². The maximum atomic E-state index is 11.4. The second-order valence-corrected chi connectivity index (χ2v) is 6.98. The largest absolute Gasteiger partial charge is 0.465 e. The van der Waals surface area contributed by atoms with Gasteiger partial charge < -0.3 is 5.11 Å². The fourth-order valence-corrected chi connectivity index (χ4v) is 3.44. The van der Waals surface area contributed by atoms with E-state index < -0.39 is 11.6 Å². The third kappa shape index (κ3) is 2.86. The summed E-state index contributed by atoms with van der Waals surface area (Å²) in [5.41, 5.74) is 0.173. The Morgan fingerprint density at radius 1 is 1.50 bits per heavy atom. The third-order valence-corrected chi connectivity index (χ3v) is 4.15. The van der Waals surface area contributed by atoms with Gasteiger partial charge >= 0.3 is 6.09 Å². The summed E-state index contributed by atoms with van der Waals surface area (Å²) in [6.07, 6.45) is -1.02. The maximum Gasteiger partial charge on any atom is 0.414 e. The lowest BCUT2D eigenvalue weighted by Gasteiger charge is -2.30. The smallest absolute Gasteiger partial charge is 0.414 e. The number of amides is 1. The molecule has 5 nitrogen and oxygen atoms in total. The summed E-state index contributed by atoms with van der Waals surface area (Å²) in [5, 5.41) is 20.5. The molecule has 104 valence electrons. The number of nitrogens with zero attached hydrogens (tertiary/aromatic N) is 3. The van der Waals surface area contributed by atoms with Crippen LogP contribution < -0.4 is 4.90 Å². The number of hydrogen-bond donors (Lipinski definition) is 1. The van der Waals surface area contributed by atoms with Gasteiger partial charge in [0.25, 0.3) is 0 Å². The summed E-state index contributed by atoms with van der Waals surface area (Å²) in [4.78, 5) is 17.9. The van der Waals surface area contributed by atoms with Crippen molar-refractivity contribution in [3.8, 4) is 5.40 Å². The molecule has 2 aromatic rings. The number of thiocyanates is 1. The van der Waals surface area contributed by atoms with E-state index in [0.29, 0.717) is 5.13 Å². The van der Waals surface area contributed by atoms with Crippen LogP contribution in [-0.2, 0) is 0 Å². The Morgan fingerprint density at radius 3 is 2.75 bits per heavy atom. The summed E-state index contributed by atoms with van der Waals surface area (Å²) in [6, 6.07) is 5.46. The first kappa shape index (κ1) is 14.6. The fourth-order valence-electron chi connectivity index (χ4n) is 1.76. The molecule has 20 heavy (non-hydrogen) atoms. The van der Waals surface area contributed by atoms with Crippen molar-refractivity contribution in [1.29, 1.82) is 5.26 Å². The van der Waals surface area contributed by atoms with Gasteiger partial charge in [-0.15, -0.1) is 0 Å². The molecule has 0 radical (unpaired) electrons. The number of carbonyl (C=O) groups is 1. The molecule has 0 saturated heterocycles. The number of aromatic nitrogens is 1. The highest BCUT2D eigenvalue weighted by Crippen LogP contribution is 2.34. The Labute approximate surface area is 124 Å². The van der Waals surface area contributed by atoms with Gasteiger partial charge in [0.2, 0.25) is 0 Å². The first-order chi connectivity index (χ1) is 9.32. The fraction of sp³-hybridized carbons (Fsp3) is 0.308. The van der Waals surface area contributed by atoms with Crippen LogP contribution in [0.25, 0.3) is 10.2 Å². The van der Waals surface area contributed by atoms with Gasteiger partial charge in [0, 0.05) is 10.4 Å². The highest BCUT2D eigenvalue weighted by Gasteiger charge is 2.30. The van der Waals surface area contributed by atoms with E-state index in [-0.39, 0.29) is 0 Å². The number of thiazole rings is 1. The number of anilines is 1. The zero-order valence-corrected chi connectivity index (χ0v) is 12.9. The van der Waals surface area contributed by atoms with Crippen LogP contribution in [0.2, 0.25) is 0 Å². The summed E-state index contributed by atoms with van der Waals surface area (Å²) in [6.45, 7) is 5.47. The number of thioether (sulfide) groups is 1. The SMILES string of the molecule is CC(C)(C)N(C(=O)O)c1nc2ccc(SC#N)cc2s1. The normalized spacial score (nSPS) is 11.3. The number of rotatable bonds is 2. The summed E-state index contributed by atoms with van der Waals surface area (Å²) in [5.74, 6) is 0. The minimum Gasteiger partial charge on any atom is -0.465 e. The van der Waals surface area contributed by atoms with E-state index in [1.165, 1.54) is 16.2 Å². The molecule has 7 heteroatoms. The Kier molecular flexibility index (Phi) is 3.88. The Balaban J connectivity index is 2.50. The average Bonchev–Trinajstić information content (AvgIpc) is 2.68.